The number of rotatable bonds is 3. The number of nitrogens with zero attached hydrogens (tertiary/aromatic N) is 3. The molecule has 1 aromatic carbocycles. The van der Waals surface area contributed by atoms with E-state index >= 15 is 0 Å². The zero-order valence-corrected chi connectivity index (χ0v) is 13.9. The van der Waals surface area contributed by atoms with Gasteiger partial charge in [0.1, 0.15) is 5.82 Å². The zero-order valence-electron chi connectivity index (χ0n) is 13.9. The Bertz CT molecular complexity index is 781. The fourth-order valence-corrected chi connectivity index (χ4v) is 3.35. The van der Waals surface area contributed by atoms with Crippen LogP contribution in [0.1, 0.15) is 30.7 Å². The standard InChI is InChI=1S/C17H22N4O2/c1-10(2)9-21-13-8-6-5-7-12(13)17(23,16(21)22)14-11(3)19-20(4)15(14)18/h5-8,10,23H,9,18H2,1-4H3/t17-/m1/s1. The van der Waals surface area contributed by atoms with Crippen LogP contribution in [-0.2, 0) is 17.4 Å². The summed E-state index contributed by atoms with van der Waals surface area (Å²) in [6.07, 6.45) is 0. The number of fused-ring (bicyclic) bond motifs is 1. The molecular formula is C17H22N4O2. The highest BCUT2D eigenvalue weighted by molar-refractivity contribution is 6.09. The number of nitrogens with two attached hydrogens (primary N) is 1. The lowest BCUT2D eigenvalue weighted by Gasteiger charge is -2.24. The molecule has 2 aromatic rings. The second-order valence-electron chi connectivity index (χ2n) is 6.51. The minimum absolute atomic E-state index is 0.279. The van der Waals surface area contributed by atoms with E-state index < -0.39 is 5.60 Å². The highest BCUT2D eigenvalue weighted by atomic mass is 16.3. The number of benzene rings is 1. The van der Waals surface area contributed by atoms with Crippen molar-refractivity contribution in [2.24, 2.45) is 13.0 Å². The number of anilines is 2. The Labute approximate surface area is 135 Å². The summed E-state index contributed by atoms with van der Waals surface area (Å²) in [7, 11) is 1.70. The maximum Gasteiger partial charge on any atom is 0.268 e. The maximum absolute atomic E-state index is 13.1. The van der Waals surface area contributed by atoms with E-state index in [1.54, 1.807) is 24.9 Å². The molecule has 0 saturated heterocycles. The maximum atomic E-state index is 13.1. The first-order valence-corrected chi connectivity index (χ1v) is 7.71. The van der Waals surface area contributed by atoms with Crippen LogP contribution in [0.25, 0.3) is 0 Å². The summed E-state index contributed by atoms with van der Waals surface area (Å²) >= 11 is 0. The van der Waals surface area contributed by atoms with E-state index in [2.05, 4.69) is 5.10 Å². The largest absolute Gasteiger partial charge is 0.384 e. The van der Waals surface area contributed by atoms with Crippen molar-refractivity contribution >= 4 is 17.4 Å². The highest BCUT2D eigenvalue weighted by Gasteiger charge is 2.53. The number of aliphatic hydroxyl groups is 1. The number of amides is 1. The average molecular weight is 314 g/mol. The normalized spacial score (nSPS) is 20.4. The van der Waals surface area contributed by atoms with Crippen LogP contribution in [0.4, 0.5) is 11.5 Å². The number of aromatic nitrogens is 2. The quantitative estimate of drug-likeness (QED) is 0.900. The van der Waals surface area contributed by atoms with Gasteiger partial charge < -0.3 is 15.7 Å². The van der Waals surface area contributed by atoms with Crippen molar-refractivity contribution < 1.29 is 9.90 Å². The molecule has 6 heteroatoms. The van der Waals surface area contributed by atoms with Crippen LogP contribution in [0.2, 0.25) is 0 Å². The second-order valence-corrected chi connectivity index (χ2v) is 6.51. The number of carbonyl (C=O) groups excluding carboxylic acids is 1. The first-order chi connectivity index (χ1) is 10.8. The van der Waals surface area contributed by atoms with Gasteiger partial charge in [-0.05, 0) is 18.9 Å². The van der Waals surface area contributed by atoms with Crippen molar-refractivity contribution in [3.05, 3.63) is 41.1 Å². The van der Waals surface area contributed by atoms with Crippen LogP contribution in [-0.4, -0.2) is 27.3 Å². The van der Waals surface area contributed by atoms with Crippen LogP contribution in [0.5, 0.6) is 0 Å². The number of hydrogen-bond acceptors (Lipinski definition) is 4. The second kappa shape index (κ2) is 5.09. The SMILES string of the molecule is Cc1nn(C)c(N)c1[C@@]1(O)C(=O)N(CC(C)C)c2ccccc21. The third kappa shape index (κ3) is 2.05. The molecule has 0 fully saturated rings. The van der Waals surface area contributed by atoms with Crippen LogP contribution < -0.4 is 10.6 Å². The van der Waals surface area contributed by atoms with E-state index in [-0.39, 0.29) is 11.8 Å². The van der Waals surface area contributed by atoms with Gasteiger partial charge in [0.25, 0.3) is 5.91 Å². The Morgan fingerprint density at radius 2 is 2.00 bits per heavy atom. The van der Waals surface area contributed by atoms with E-state index in [4.69, 9.17) is 5.73 Å². The predicted molar refractivity (Wildman–Crippen MR) is 89.0 cm³/mol. The van der Waals surface area contributed by atoms with Gasteiger partial charge >= 0.3 is 0 Å². The van der Waals surface area contributed by atoms with Crippen LogP contribution in [0.15, 0.2) is 24.3 Å². The lowest BCUT2D eigenvalue weighted by atomic mass is 9.87. The third-order valence-electron chi connectivity index (χ3n) is 4.32. The summed E-state index contributed by atoms with van der Waals surface area (Å²) in [5, 5.41) is 15.7. The number of carbonyl (C=O) groups is 1. The van der Waals surface area contributed by atoms with Gasteiger partial charge in [0.05, 0.1) is 16.9 Å². The molecule has 0 saturated carbocycles. The minimum atomic E-state index is -1.78. The molecule has 1 atom stereocenters. The van der Waals surface area contributed by atoms with Gasteiger partial charge in [0, 0.05) is 19.2 Å². The first kappa shape index (κ1) is 15.6. The number of para-hydroxylation sites is 1. The summed E-state index contributed by atoms with van der Waals surface area (Å²) in [5.74, 6) is 0.219. The van der Waals surface area contributed by atoms with Gasteiger partial charge in [0.15, 0.2) is 0 Å². The molecular weight excluding hydrogens is 292 g/mol. The topological polar surface area (TPSA) is 84.4 Å². The summed E-state index contributed by atoms with van der Waals surface area (Å²) in [5.41, 5.74) is 6.55. The molecule has 3 N–H and O–H groups in total. The molecule has 1 aromatic heterocycles. The first-order valence-electron chi connectivity index (χ1n) is 7.71. The van der Waals surface area contributed by atoms with Crippen molar-refractivity contribution in [3.63, 3.8) is 0 Å². The molecule has 2 heterocycles. The number of nitrogen functional groups attached to an aromatic ring is 1. The predicted octanol–water partition coefficient (Wildman–Crippen LogP) is 1.55. The monoisotopic (exact) mass is 314 g/mol. The van der Waals surface area contributed by atoms with E-state index in [1.807, 2.05) is 32.0 Å². The number of hydrogen-bond donors (Lipinski definition) is 2. The van der Waals surface area contributed by atoms with Crippen molar-refractivity contribution in [1.82, 2.24) is 9.78 Å². The lowest BCUT2D eigenvalue weighted by molar-refractivity contribution is -0.132. The number of aryl methyl sites for hydroxylation is 2. The summed E-state index contributed by atoms with van der Waals surface area (Å²) < 4.78 is 1.49. The molecule has 1 amide bonds. The zero-order chi connectivity index (χ0) is 16.9. The van der Waals surface area contributed by atoms with Gasteiger partial charge in [-0.15, -0.1) is 0 Å². The Kier molecular flexibility index (Phi) is 3.44. The third-order valence-corrected chi connectivity index (χ3v) is 4.32. The molecule has 122 valence electrons. The minimum Gasteiger partial charge on any atom is -0.384 e. The molecule has 0 unspecified atom stereocenters. The highest BCUT2D eigenvalue weighted by Crippen LogP contribution is 2.46. The van der Waals surface area contributed by atoms with Crippen molar-refractivity contribution in [2.45, 2.75) is 26.4 Å². The molecule has 3 rings (SSSR count). The van der Waals surface area contributed by atoms with Crippen LogP contribution in [0, 0.1) is 12.8 Å². The molecule has 1 aliphatic rings. The molecule has 1 aliphatic heterocycles. The van der Waals surface area contributed by atoms with Gasteiger partial charge in [-0.3, -0.25) is 9.48 Å². The molecule has 23 heavy (non-hydrogen) atoms. The van der Waals surface area contributed by atoms with Gasteiger partial charge in [0.2, 0.25) is 5.60 Å². The Morgan fingerprint density at radius 1 is 1.35 bits per heavy atom. The van der Waals surface area contributed by atoms with Gasteiger partial charge in [-0.1, -0.05) is 32.0 Å². The van der Waals surface area contributed by atoms with Crippen molar-refractivity contribution in [2.75, 3.05) is 17.2 Å². The Morgan fingerprint density at radius 3 is 2.57 bits per heavy atom. The molecule has 0 bridgehead atoms. The average Bonchev–Trinajstić information content (AvgIpc) is 2.86. The molecule has 0 spiro atoms. The molecule has 0 aliphatic carbocycles. The van der Waals surface area contributed by atoms with Gasteiger partial charge in [-0.2, -0.15) is 5.10 Å². The fraction of sp³-hybridized carbons (Fsp3) is 0.412. The van der Waals surface area contributed by atoms with E-state index in [9.17, 15) is 9.90 Å². The van der Waals surface area contributed by atoms with Crippen LogP contribution in [0.3, 0.4) is 0 Å². The van der Waals surface area contributed by atoms with E-state index in [0.29, 0.717) is 29.2 Å². The Hall–Kier alpha value is -2.34. The molecule has 6 nitrogen and oxygen atoms in total. The summed E-state index contributed by atoms with van der Waals surface area (Å²) in [6.45, 7) is 6.37. The van der Waals surface area contributed by atoms with Crippen molar-refractivity contribution in [3.8, 4) is 0 Å². The summed E-state index contributed by atoms with van der Waals surface area (Å²) in [6, 6.07) is 7.32. The van der Waals surface area contributed by atoms with Crippen molar-refractivity contribution in [1.29, 1.82) is 0 Å². The fourth-order valence-electron chi connectivity index (χ4n) is 3.35. The Balaban J connectivity index is 2.25. The molecule has 0 radical (unpaired) electrons. The van der Waals surface area contributed by atoms with E-state index in [0.717, 1.165) is 5.69 Å². The summed E-state index contributed by atoms with van der Waals surface area (Å²) in [4.78, 5) is 14.8. The lowest BCUT2D eigenvalue weighted by Crippen LogP contribution is -2.43. The van der Waals surface area contributed by atoms with E-state index in [1.165, 1.54) is 4.68 Å². The van der Waals surface area contributed by atoms with Gasteiger partial charge in [-0.25, -0.2) is 0 Å². The smallest absolute Gasteiger partial charge is 0.268 e. The van der Waals surface area contributed by atoms with Crippen LogP contribution >= 0.6 is 0 Å².